The summed E-state index contributed by atoms with van der Waals surface area (Å²) in [6.45, 7) is 3.17. The minimum atomic E-state index is 0.263. The highest BCUT2D eigenvalue weighted by Gasteiger charge is 2.06. The van der Waals surface area contributed by atoms with Crippen molar-refractivity contribution in [3.8, 4) is 0 Å². The zero-order valence-electron chi connectivity index (χ0n) is 8.20. The molecule has 1 aliphatic carbocycles. The second kappa shape index (κ2) is 5.81. The van der Waals surface area contributed by atoms with Crippen molar-refractivity contribution in [3.05, 3.63) is 24.0 Å². The molecule has 1 atom stereocenters. The van der Waals surface area contributed by atoms with Gasteiger partial charge in [-0.1, -0.05) is 19.1 Å². The third kappa shape index (κ3) is 4.13. The molecule has 0 amide bonds. The van der Waals surface area contributed by atoms with Crippen molar-refractivity contribution in [2.45, 2.75) is 26.2 Å². The van der Waals surface area contributed by atoms with E-state index in [1.54, 1.807) is 0 Å². The highest BCUT2D eigenvalue weighted by Crippen LogP contribution is 2.18. The number of unbranched alkanes of at least 4 members (excludes halogenated alkanes) is 1. The average Bonchev–Trinajstić information content (AvgIpc) is 2.13. The topological polar surface area (TPSA) is 29.5 Å². The molecule has 74 valence electrons. The first-order valence-electron chi connectivity index (χ1n) is 4.94. The van der Waals surface area contributed by atoms with Crippen LogP contribution in [0.25, 0.3) is 0 Å². The van der Waals surface area contributed by atoms with E-state index in [1.807, 2.05) is 6.08 Å². The van der Waals surface area contributed by atoms with Gasteiger partial charge >= 0.3 is 0 Å². The molecule has 0 aromatic rings. The van der Waals surface area contributed by atoms with Crippen LogP contribution in [0.1, 0.15) is 26.2 Å². The standard InChI is InChI=1S/C11H18O2/c1-10-5-4-6-11(9-10)13-8-3-2-7-12/h4-6,10,12H,2-3,7-9H2,1H3. The highest BCUT2D eigenvalue weighted by molar-refractivity contribution is 5.14. The second-order valence-electron chi connectivity index (χ2n) is 3.48. The van der Waals surface area contributed by atoms with Gasteiger partial charge in [0.05, 0.1) is 12.4 Å². The summed E-state index contributed by atoms with van der Waals surface area (Å²) in [6.07, 6.45) is 9.04. The molecule has 2 nitrogen and oxygen atoms in total. The molecular formula is C11H18O2. The summed E-state index contributed by atoms with van der Waals surface area (Å²) < 4.78 is 5.55. The summed E-state index contributed by atoms with van der Waals surface area (Å²) in [7, 11) is 0. The van der Waals surface area contributed by atoms with Gasteiger partial charge < -0.3 is 9.84 Å². The van der Waals surface area contributed by atoms with E-state index in [2.05, 4.69) is 19.1 Å². The van der Waals surface area contributed by atoms with Crippen LogP contribution in [-0.4, -0.2) is 18.3 Å². The van der Waals surface area contributed by atoms with Gasteiger partial charge in [-0.05, 0) is 24.8 Å². The molecule has 13 heavy (non-hydrogen) atoms. The number of rotatable bonds is 5. The van der Waals surface area contributed by atoms with E-state index in [9.17, 15) is 0 Å². The maximum Gasteiger partial charge on any atom is 0.0965 e. The fraction of sp³-hybridized carbons (Fsp3) is 0.636. The first-order chi connectivity index (χ1) is 6.33. The minimum Gasteiger partial charge on any atom is -0.498 e. The molecule has 0 saturated heterocycles. The molecule has 1 N–H and O–H groups in total. The molecule has 0 bridgehead atoms. The van der Waals surface area contributed by atoms with E-state index in [0.717, 1.165) is 31.6 Å². The van der Waals surface area contributed by atoms with Crippen LogP contribution in [0, 0.1) is 5.92 Å². The molecule has 0 aromatic carbocycles. The lowest BCUT2D eigenvalue weighted by atomic mass is 10.0. The lowest BCUT2D eigenvalue weighted by Gasteiger charge is -2.15. The molecule has 0 fully saturated rings. The Morgan fingerprint density at radius 1 is 1.54 bits per heavy atom. The smallest absolute Gasteiger partial charge is 0.0965 e. The Bertz CT molecular complexity index is 194. The van der Waals surface area contributed by atoms with Gasteiger partial charge in [0.1, 0.15) is 0 Å². The van der Waals surface area contributed by atoms with Crippen LogP contribution in [0.3, 0.4) is 0 Å². The van der Waals surface area contributed by atoms with Gasteiger partial charge in [0.15, 0.2) is 0 Å². The second-order valence-corrected chi connectivity index (χ2v) is 3.48. The molecule has 0 saturated carbocycles. The first-order valence-corrected chi connectivity index (χ1v) is 4.94. The van der Waals surface area contributed by atoms with Gasteiger partial charge in [-0.2, -0.15) is 0 Å². The van der Waals surface area contributed by atoms with Crippen molar-refractivity contribution in [2.75, 3.05) is 13.2 Å². The van der Waals surface area contributed by atoms with E-state index in [0.29, 0.717) is 5.92 Å². The Kier molecular flexibility index (Phi) is 4.61. The molecular weight excluding hydrogens is 164 g/mol. The molecule has 0 radical (unpaired) electrons. The molecule has 0 aliphatic heterocycles. The van der Waals surface area contributed by atoms with E-state index >= 15 is 0 Å². The first kappa shape index (κ1) is 10.3. The fourth-order valence-electron chi connectivity index (χ4n) is 1.33. The van der Waals surface area contributed by atoms with Crippen molar-refractivity contribution in [3.63, 3.8) is 0 Å². The normalized spacial score (nSPS) is 21.4. The van der Waals surface area contributed by atoms with Crippen LogP contribution in [0.5, 0.6) is 0 Å². The van der Waals surface area contributed by atoms with Crippen LogP contribution in [0.15, 0.2) is 24.0 Å². The Hall–Kier alpha value is -0.760. The van der Waals surface area contributed by atoms with Crippen molar-refractivity contribution < 1.29 is 9.84 Å². The van der Waals surface area contributed by atoms with E-state index in [1.165, 1.54) is 0 Å². The largest absolute Gasteiger partial charge is 0.498 e. The third-order valence-corrected chi connectivity index (χ3v) is 2.08. The number of aliphatic hydroxyl groups is 1. The summed E-state index contributed by atoms with van der Waals surface area (Å²) in [4.78, 5) is 0. The van der Waals surface area contributed by atoms with Gasteiger partial charge in [0, 0.05) is 13.0 Å². The number of allylic oxidation sites excluding steroid dienone is 4. The van der Waals surface area contributed by atoms with E-state index in [-0.39, 0.29) is 6.61 Å². The molecule has 1 rings (SSSR count). The van der Waals surface area contributed by atoms with E-state index in [4.69, 9.17) is 9.84 Å². The SMILES string of the molecule is CC1C=CC=C(OCCCCO)C1. The van der Waals surface area contributed by atoms with Gasteiger partial charge in [-0.25, -0.2) is 0 Å². The van der Waals surface area contributed by atoms with Crippen LogP contribution in [-0.2, 0) is 4.74 Å². The summed E-state index contributed by atoms with van der Waals surface area (Å²) in [5.41, 5.74) is 0. The number of hydrogen-bond acceptors (Lipinski definition) is 2. The Morgan fingerprint density at radius 2 is 2.38 bits per heavy atom. The predicted molar refractivity (Wildman–Crippen MR) is 53.3 cm³/mol. The summed E-state index contributed by atoms with van der Waals surface area (Å²) in [6, 6.07) is 0. The van der Waals surface area contributed by atoms with Crippen molar-refractivity contribution in [1.29, 1.82) is 0 Å². The van der Waals surface area contributed by atoms with Crippen molar-refractivity contribution >= 4 is 0 Å². The Balaban J connectivity index is 2.14. The minimum absolute atomic E-state index is 0.263. The molecule has 0 spiro atoms. The quantitative estimate of drug-likeness (QED) is 0.661. The van der Waals surface area contributed by atoms with Crippen LogP contribution in [0.2, 0.25) is 0 Å². The molecule has 2 heteroatoms. The molecule has 1 unspecified atom stereocenters. The maximum absolute atomic E-state index is 8.56. The predicted octanol–water partition coefficient (Wildman–Crippen LogP) is 2.26. The zero-order chi connectivity index (χ0) is 9.52. The summed E-state index contributed by atoms with van der Waals surface area (Å²) >= 11 is 0. The zero-order valence-corrected chi connectivity index (χ0v) is 8.20. The third-order valence-electron chi connectivity index (χ3n) is 2.08. The van der Waals surface area contributed by atoms with Crippen LogP contribution >= 0.6 is 0 Å². The van der Waals surface area contributed by atoms with E-state index < -0.39 is 0 Å². The Morgan fingerprint density at radius 3 is 3.08 bits per heavy atom. The number of ether oxygens (including phenoxy) is 1. The Labute approximate surface area is 79.9 Å². The van der Waals surface area contributed by atoms with Crippen molar-refractivity contribution in [2.24, 2.45) is 5.92 Å². The van der Waals surface area contributed by atoms with Gasteiger partial charge in [0.25, 0.3) is 0 Å². The average molecular weight is 182 g/mol. The number of hydrogen-bond donors (Lipinski definition) is 1. The van der Waals surface area contributed by atoms with Crippen molar-refractivity contribution in [1.82, 2.24) is 0 Å². The van der Waals surface area contributed by atoms with Crippen LogP contribution < -0.4 is 0 Å². The van der Waals surface area contributed by atoms with Gasteiger partial charge in [-0.3, -0.25) is 0 Å². The summed E-state index contributed by atoms with van der Waals surface area (Å²) in [5.74, 6) is 1.67. The summed E-state index contributed by atoms with van der Waals surface area (Å²) in [5, 5.41) is 8.56. The van der Waals surface area contributed by atoms with Gasteiger partial charge in [0.2, 0.25) is 0 Å². The number of aliphatic hydroxyl groups excluding tert-OH is 1. The lowest BCUT2D eigenvalue weighted by molar-refractivity contribution is 0.179. The fourth-order valence-corrected chi connectivity index (χ4v) is 1.33. The molecule has 1 aliphatic rings. The molecule has 0 aromatic heterocycles. The van der Waals surface area contributed by atoms with Gasteiger partial charge in [-0.15, -0.1) is 0 Å². The molecule has 0 heterocycles. The highest BCUT2D eigenvalue weighted by atomic mass is 16.5. The maximum atomic E-state index is 8.56. The van der Waals surface area contributed by atoms with Crippen LogP contribution in [0.4, 0.5) is 0 Å². The monoisotopic (exact) mass is 182 g/mol. The lowest BCUT2D eigenvalue weighted by Crippen LogP contribution is -2.03.